The quantitative estimate of drug-likeness (QED) is 0.203. The van der Waals surface area contributed by atoms with Crippen molar-refractivity contribution in [3.05, 3.63) is 177 Å². The predicted octanol–water partition coefficient (Wildman–Crippen LogP) is 11.2. The Morgan fingerprint density at radius 1 is 0.302 bits per heavy atom. The van der Waals surface area contributed by atoms with Crippen LogP contribution >= 0.6 is 0 Å². The lowest BCUT2D eigenvalue weighted by Gasteiger charge is -2.37. The molecule has 1 aliphatic carbocycles. The van der Waals surface area contributed by atoms with Crippen molar-refractivity contribution in [2.24, 2.45) is 0 Å². The first-order valence-corrected chi connectivity index (χ1v) is 15.3. The van der Waals surface area contributed by atoms with Crippen LogP contribution in [0.5, 0.6) is 0 Å². The molecule has 0 saturated heterocycles. The summed E-state index contributed by atoms with van der Waals surface area (Å²) in [4.78, 5) is 0. The highest BCUT2D eigenvalue weighted by molar-refractivity contribution is 5.88. The monoisotopic (exact) mass is 554 g/mol. The highest BCUT2D eigenvalue weighted by Crippen LogP contribution is 2.58. The van der Waals surface area contributed by atoms with Gasteiger partial charge in [-0.2, -0.15) is 0 Å². The molecule has 6 aromatic rings. The van der Waals surface area contributed by atoms with E-state index in [2.05, 4.69) is 163 Å². The van der Waals surface area contributed by atoms with Gasteiger partial charge in [0.2, 0.25) is 0 Å². The molecule has 210 valence electrons. The van der Waals surface area contributed by atoms with E-state index in [-0.39, 0.29) is 0 Å². The summed E-state index contributed by atoms with van der Waals surface area (Å²) in [5, 5.41) is 0. The fourth-order valence-electron chi connectivity index (χ4n) is 7.30. The molecule has 0 spiro atoms. The summed E-state index contributed by atoms with van der Waals surface area (Å²) in [6.07, 6.45) is 0. The van der Waals surface area contributed by atoms with Crippen molar-refractivity contribution in [1.29, 1.82) is 0 Å². The van der Waals surface area contributed by atoms with Gasteiger partial charge in [0.15, 0.2) is 0 Å². The smallest absolute Gasteiger partial charge is 0.0587 e. The molecule has 1 aliphatic rings. The average Bonchev–Trinajstić information content (AvgIpc) is 3.26. The van der Waals surface area contributed by atoms with E-state index in [1.165, 1.54) is 89.0 Å². The first-order chi connectivity index (χ1) is 20.8. The molecule has 0 heterocycles. The van der Waals surface area contributed by atoms with E-state index < -0.39 is 5.41 Å². The molecule has 0 fully saturated rings. The summed E-state index contributed by atoms with van der Waals surface area (Å²) < 4.78 is 0. The first kappa shape index (κ1) is 27.2. The van der Waals surface area contributed by atoms with Crippen LogP contribution in [-0.2, 0) is 5.41 Å². The Bertz CT molecular complexity index is 1850. The van der Waals surface area contributed by atoms with Gasteiger partial charge >= 0.3 is 0 Å². The van der Waals surface area contributed by atoms with Gasteiger partial charge in [0.05, 0.1) is 5.41 Å². The fourth-order valence-corrected chi connectivity index (χ4v) is 7.30. The zero-order chi connectivity index (χ0) is 29.9. The summed E-state index contributed by atoms with van der Waals surface area (Å²) in [6.45, 7) is 13.3. The van der Waals surface area contributed by atoms with Crippen LogP contribution in [0, 0.1) is 41.5 Å². The number of rotatable bonds is 4. The van der Waals surface area contributed by atoms with Gasteiger partial charge in [0.25, 0.3) is 0 Å². The molecule has 0 aliphatic heterocycles. The molecule has 0 atom stereocenters. The summed E-state index contributed by atoms with van der Waals surface area (Å²) in [5.74, 6) is 0. The summed E-state index contributed by atoms with van der Waals surface area (Å²) >= 11 is 0. The van der Waals surface area contributed by atoms with Gasteiger partial charge in [-0.1, -0.05) is 144 Å². The maximum absolute atomic E-state index is 2.44. The standard InChI is InChI=1S/C43H38/c1-27-7-13-33(14-8-27)35-17-21-39(31(5)25-35)43(40-22-18-36(26-32(40)6)34-15-9-28(2)10-16-34)41-23-29(3)11-19-37(41)38-20-12-30(4)24-42(38)43/h7-26H,1-6H3. The Morgan fingerprint density at radius 3 is 1.02 bits per heavy atom. The van der Waals surface area contributed by atoms with E-state index in [0.29, 0.717) is 0 Å². The lowest BCUT2D eigenvalue weighted by Crippen LogP contribution is -2.30. The van der Waals surface area contributed by atoms with Gasteiger partial charge in [-0.05, 0) is 108 Å². The third-order valence-electron chi connectivity index (χ3n) is 9.48. The number of fused-ring (bicyclic) bond motifs is 3. The van der Waals surface area contributed by atoms with E-state index in [9.17, 15) is 0 Å². The highest BCUT2D eigenvalue weighted by atomic mass is 14.5. The molecule has 43 heavy (non-hydrogen) atoms. The van der Waals surface area contributed by atoms with Crippen LogP contribution < -0.4 is 0 Å². The molecule has 0 amide bonds. The Labute approximate surface area is 256 Å². The maximum atomic E-state index is 2.44. The van der Waals surface area contributed by atoms with E-state index in [1.807, 2.05) is 0 Å². The van der Waals surface area contributed by atoms with Gasteiger partial charge in [0, 0.05) is 0 Å². The number of benzene rings is 6. The minimum absolute atomic E-state index is 0.422. The van der Waals surface area contributed by atoms with Gasteiger partial charge in [0.1, 0.15) is 0 Å². The second-order valence-electron chi connectivity index (χ2n) is 12.6. The Hall–Kier alpha value is -4.68. The topological polar surface area (TPSA) is 0 Å². The first-order valence-electron chi connectivity index (χ1n) is 15.3. The van der Waals surface area contributed by atoms with Gasteiger partial charge in [-0.15, -0.1) is 0 Å². The van der Waals surface area contributed by atoms with Crippen molar-refractivity contribution in [3.8, 4) is 33.4 Å². The van der Waals surface area contributed by atoms with Crippen molar-refractivity contribution in [2.45, 2.75) is 47.0 Å². The zero-order valence-electron chi connectivity index (χ0n) is 26.0. The third kappa shape index (κ3) is 4.36. The molecular formula is C43H38. The summed E-state index contributed by atoms with van der Waals surface area (Å²) in [7, 11) is 0. The molecular weight excluding hydrogens is 516 g/mol. The Balaban J connectivity index is 1.53. The lowest BCUT2D eigenvalue weighted by atomic mass is 9.64. The second-order valence-corrected chi connectivity index (χ2v) is 12.6. The van der Waals surface area contributed by atoms with Crippen LogP contribution in [0.2, 0.25) is 0 Å². The highest BCUT2D eigenvalue weighted by Gasteiger charge is 2.47. The molecule has 0 radical (unpaired) electrons. The lowest BCUT2D eigenvalue weighted by molar-refractivity contribution is 0.752. The van der Waals surface area contributed by atoms with Crippen LogP contribution in [0.15, 0.2) is 121 Å². The van der Waals surface area contributed by atoms with Gasteiger partial charge < -0.3 is 0 Å². The van der Waals surface area contributed by atoms with E-state index in [0.717, 1.165) is 0 Å². The van der Waals surface area contributed by atoms with E-state index in [4.69, 9.17) is 0 Å². The number of aryl methyl sites for hydroxylation is 6. The molecule has 0 heteroatoms. The fraction of sp³-hybridized carbons (Fsp3) is 0.163. The Kier molecular flexibility index (Phi) is 6.47. The Morgan fingerprint density at radius 2 is 0.651 bits per heavy atom. The zero-order valence-corrected chi connectivity index (χ0v) is 26.0. The average molecular weight is 555 g/mol. The molecule has 0 bridgehead atoms. The van der Waals surface area contributed by atoms with Crippen LogP contribution in [0.25, 0.3) is 33.4 Å². The van der Waals surface area contributed by atoms with Gasteiger partial charge in [-0.3, -0.25) is 0 Å². The molecule has 0 nitrogen and oxygen atoms in total. The molecule has 0 saturated carbocycles. The van der Waals surface area contributed by atoms with E-state index >= 15 is 0 Å². The minimum Gasteiger partial charge on any atom is -0.0587 e. The summed E-state index contributed by atoms with van der Waals surface area (Å²) in [6, 6.07) is 46.1. The van der Waals surface area contributed by atoms with Crippen LogP contribution in [0.3, 0.4) is 0 Å². The second kappa shape index (κ2) is 10.2. The van der Waals surface area contributed by atoms with Crippen molar-refractivity contribution in [1.82, 2.24) is 0 Å². The minimum atomic E-state index is -0.422. The van der Waals surface area contributed by atoms with Crippen molar-refractivity contribution in [3.63, 3.8) is 0 Å². The SMILES string of the molecule is Cc1ccc(-c2ccc(C3(c4ccc(-c5ccc(C)cc5)cc4C)c4cc(C)ccc4-c4ccc(C)cc43)c(C)c2)cc1. The maximum Gasteiger partial charge on any atom is 0.0718 e. The summed E-state index contributed by atoms with van der Waals surface area (Å²) in [5.41, 5.74) is 20.5. The molecule has 0 unspecified atom stereocenters. The van der Waals surface area contributed by atoms with Crippen LogP contribution in [-0.4, -0.2) is 0 Å². The predicted molar refractivity (Wildman–Crippen MR) is 183 cm³/mol. The van der Waals surface area contributed by atoms with E-state index in [1.54, 1.807) is 0 Å². The largest absolute Gasteiger partial charge is 0.0718 e. The molecule has 0 aromatic heterocycles. The third-order valence-corrected chi connectivity index (χ3v) is 9.48. The molecule has 7 rings (SSSR count). The molecule has 0 N–H and O–H groups in total. The van der Waals surface area contributed by atoms with Crippen molar-refractivity contribution < 1.29 is 0 Å². The van der Waals surface area contributed by atoms with Gasteiger partial charge in [-0.25, -0.2) is 0 Å². The number of hydrogen-bond donors (Lipinski definition) is 0. The van der Waals surface area contributed by atoms with Crippen LogP contribution in [0.1, 0.15) is 55.6 Å². The molecule has 6 aromatic carbocycles. The van der Waals surface area contributed by atoms with Crippen molar-refractivity contribution >= 4 is 0 Å². The van der Waals surface area contributed by atoms with Crippen LogP contribution in [0.4, 0.5) is 0 Å². The number of hydrogen-bond acceptors (Lipinski definition) is 0. The van der Waals surface area contributed by atoms with Crippen molar-refractivity contribution in [2.75, 3.05) is 0 Å². The normalized spacial score (nSPS) is 13.1.